The first-order valence-corrected chi connectivity index (χ1v) is 7.03. The van der Waals surface area contributed by atoms with Crippen LogP contribution in [0.5, 0.6) is 5.75 Å². The Hall–Kier alpha value is -1.81. The fourth-order valence-electron chi connectivity index (χ4n) is 2.11. The summed E-state index contributed by atoms with van der Waals surface area (Å²) in [6, 6.07) is 11.0. The highest BCUT2D eigenvalue weighted by Gasteiger charge is 2.14. The van der Waals surface area contributed by atoms with Gasteiger partial charge in [0.1, 0.15) is 5.75 Å². The highest BCUT2D eigenvalue weighted by molar-refractivity contribution is 9.10. The van der Waals surface area contributed by atoms with Gasteiger partial charge in [-0.15, -0.1) is 0 Å². The summed E-state index contributed by atoms with van der Waals surface area (Å²) in [7, 11) is 1.60. The second-order valence-corrected chi connectivity index (χ2v) is 5.49. The van der Waals surface area contributed by atoms with Crippen LogP contribution in [0.4, 0.5) is 5.69 Å². The molecule has 2 aromatic carbocycles. The fraction of sp³-hybridized carbons (Fsp3) is 0.188. The molecule has 0 fully saturated rings. The van der Waals surface area contributed by atoms with Crippen molar-refractivity contribution in [1.29, 1.82) is 0 Å². The molecule has 20 heavy (non-hydrogen) atoms. The van der Waals surface area contributed by atoms with Gasteiger partial charge in [0.05, 0.1) is 7.11 Å². The van der Waals surface area contributed by atoms with Crippen molar-refractivity contribution in [3.63, 3.8) is 0 Å². The number of nitrogen functional groups attached to an aromatic ring is 1. The number of hydrogen-bond acceptors (Lipinski definition) is 3. The van der Waals surface area contributed by atoms with E-state index in [1.54, 1.807) is 25.3 Å². The molecule has 0 spiro atoms. The number of nitrogens with two attached hydrogens (primary N) is 1. The van der Waals surface area contributed by atoms with Crippen molar-refractivity contribution in [1.82, 2.24) is 0 Å². The van der Waals surface area contributed by atoms with E-state index < -0.39 is 0 Å². The van der Waals surface area contributed by atoms with Crippen LogP contribution in [0, 0.1) is 6.92 Å². The molecule has 0 atom stereocenters. The zero-order chi connectivity index (χ0) is 14.7. The van der Waals surface area contributed by atoms with Gasteiger partial charge in [-0.25, -0.2) is 0 Å². The maximum absolute atomic E-state index is 12.4. The number of benzene rings is 2. The minimum Gasteiger partial charge on any atom is -0.496 e. The smallest absolute Gasteiger partial charge is 0.167 e. The van der Waals surface area contributed by atoms with E-state index in [-0.39, 0.29) is 12.2 Å². The molecule has 0 aromatic heterocycles. The molecule has 104 valence electrons. The van der Waals surface area contributed by atoms with Gasteiger partial charge in [0.15, 0.2) is 5.78 Å². The van der Waals surface area contributed by atoms with Crippen molar-refractivity contribution in [3.05, 3.63) is 57.6 Å². The first-order chi connectivity index (χ1) is 9.52. The molecule has 0 radical (unpaired) electrons. The molecule has 0 bridgehead atoms. The van der Waals surface area contributed by atoms with Crippen LogP contribution in [0.15, 0.2) is 40.9 Å². The summed E-state index contributed by atoms with van der Waals surface area (Å²) in [6.07, 6.45) is 0.285. The zero-order valence-electron chi connectivity index (χ0n) is 11.4. The highest BCUT2D eigenvalue weighted by Crippen LogP contribution is 2.25. The summed E-state index contributed by atoms with van der Waals surface area (Å²) >= 11 is 3.41. The highest BCUT2D eigenvalue weighted by atomic mass is 79.9. The maximum Gasteiger partial charge on any atom is 0.167 e. The largest absolute Gasteiger partial charge is 0.496 e. The molecule has 0 aliphatic rings. The van der Waals surface area contributed by atoms with Crippen LogP contribution in [0.25, 0.3) is 0 Å². The number of hydrogen-bond donors (Lipinski definition) is 1. The van der Waals surface area contributed by atoms with Crippen molar-refractivity contribution in [2.75, 3.05) is 12.8 Å². The molecule has 0 heterocycles. The van der Waals surface area contributed by atoms with E-state index in [4.69, 9.17) is 10.5 Å². The summed E-state index contributed by atoms with van der Waals surface area (Å²) < 4.78 is 6.21. The van der Waals surface area contributed by atoms with Gasteiger partial charge >= 0.3 is 0 Å². The van der Waals surface area contributed by atoms with Gasteiger partial charge in [-0.1, -0.05) is 28.1 Å². The summed E-state index contributed by atoms with van der Waals surface area (Å²) in [5.74, 6) is 0.745. The summed E-state index contributed by atoms with van der Waals surface area (Å²) in [4.78, 5) is 12.4. The lowest BCUT2D eigenvalue weighted by Crippen LogP contribution is -2.08. The van der Waals surface area contributed by atoms with Crippen LogP contribution in [-0.4, -0.2) is 12.9 Å². The first kappa shape index (κ1) is 14.6. The number of ketones is 1. The van der Waals surface area contributed by atoms with Crippen molar-refractivity contribution in [3.8, 4) is 5.75 Å². The van der Waals surface area contributed by atoms with Crippen molar-refractivity contribution in [2.24, 2.45) is 0 Å². The topological polar surface area (TPSA) is 52.3 Å². The van der Waals surface area contributed by atoms with Gasteiger partial charge in [-0.3, -0.25) is 4.79 Å². The lowest BCUT2D eigenvalue weighted by atomic mass is 9.98. The van der Waals surface area contributed by atoms with Gasteiger partial charge < -0.3 is 10.5 Å². The molecule has 2 rings (SSSR count). The Kier molecular flexibility index (Phi) is 4.45. The molecule has 2 N–H and O–H groups in total. The molecule has 3 nitrogen and oxygen atoms in total. The van der Waals surface area contributed by atoms with E-state index in [1.807, 2.05) is 25.1 Å². The minimum absolute atomic E-state index is 0.0335. The monoisotopic (exact) mass is 333 g/mol. The lowest BCUT2D eigenvalue weighted by Gasteiger charge is -2.10. The first-order valence-electron chi connectivity index (χ1n) is 6.23. The minimum atomic E-state index is 0.0335. The van der Waals surface area contributed by atoms with E-state index in [1.165, 1.54) is 0 Å². The van der Waals surface area contributed by atoms with Crippen LogP contribution < -0.4 is 10.5 Å². The third kappa shape index (κ3) is 3.02. The van der Waals surface area contributed by atoms with E-state index >= 15 is 0 Å². The fourth-order valence-corrected chi connectivity index (χ4v) is 2.52. The average Bonchev–Trinajstić information content (AvgIpc) is 2.42. The van der Waals surface area contributed by atoms with Crippen LogP contribution >= 0.6 is 15.9 Å². The van der Waals surface area contributed by atoms with Crippen LogP contribution in [0.2, 0.25) is 0 Å². The number of rotatable bonds is 4. The molecule has 0 aliphatic carbocycles. The predicted octanol–water partition coefficient (Wildman–Crippen LogP) is 3.77. The third-order valence-electron chi connectivity index (χ3n) is 3.27. The molecule has 0 unspecified atom stereocenters. The molecule has 0 amide bonds. The number of carbonyl (C=O) groups is 1. The maximum atomic E-state index is 12.4. The van der Waals surface area contributed by atoms with E-state index in [0.717, 1.165) is 15.6 Å². The number of methoxy groups -OCH3 is 1. The normalized spacial score (nSPS) is 10.3. The molecular weight excluding hydrogens is 318 g/mol. The van der Waals surface area contributed by atoms with Crippen molar-refractivity contribution >= 4 is 27.4 Å². The quantitative estimate of drug-likeness (QED) is 0.684. The lowest BCUT2D eigenvalue weighted by molar-refractivity contribution is 0.0991. The Labute approximate surface area is 126 Å². The molecule has 2 aromatic rings. The molecule has 0 saturated carbocycles. The average molecular weight is 334 g/mol. The Morgan fingerprint density at radius 2 is 2.05 bits per heavy atom. The summed E-state index contributed by atoms with van der Waals surface area (Å²) in [5, 5.41) is 0. The number of anilines is 1. The van der Waals surface area contributed by atoms with Crippen molar-refractivity contribution in [2.45, 2.75) is 13.3 Å². The van der Waals surface area contributed by atoms with Crippen LogP contribution in [0.3, 0.4) is 0 Å². The SMILES string of the molecule is COc1ccc(Br)cc1CC(=O)c1cccc(N)c1C. The summed E-state index contributed by atoms with van der Waals surface area (Å²) in [6.45, 7) is 1.86. The molecule has 0 saturated heterocycles. The van der Waals surface area contributed by atoms with Gasteiger partial charge in [-0.2, -0.15) is 0 Å². The van der Waals surface area contributed by atoms with Gasteiger partial charge in [0.25, 0.3) is 0 Å². The second-order valence-electron chi connectivity index (χ2n) is 4.58. The van der Waals surface area contributed by atoms with Crippen molar-refractivity contribution < 1.29 is 9.53 Å². The van der Waals surface area contributed by atoms with Gasteiger partial charge in [0.2, 0.25) is 0 Å². The van der Waals surface area contributed by atoms with Crippen LogP contribution in [0.1, 0.15) is 21.5 Å². The Morgan fingerprint density at radius 3 is 2.75 bits per heavy atom. The molecule has 0 aliphatic heterocycles. The van der Waals surface area contributed by atoms with Gasteiger partial charge in [-0.05, 0) is 36.8 Å². The number of ether oxygens (including phenoxy) is 1. The van der Waals surface area contributed by atoms with E-state index in [2.05, 4.69) is 15.9 Å². The zero-order valence-corrected chi connectivity index (χ0v) is 13.0. The summed E-state index contributed by atoms with van der Waals surface area (Å²) in [5.41, 5.74) is 8.82. The molecule has 4 heteroatoms. The van der Waals surface area contributed by atoms with Gasteiger partial charge in [0, 0.05) is 27.7 Å². The third-order valence-corrected chi connectivity index (χ3v) is 3.76. The number of halogens is 1. The van der Waals surface area contributed by atoms with E-state index in [0.29, 0.717) is 17.0 Å². The Bertz CT molecular complexity index is 653. The predicted molar refractivity (Wildman–Crippen MR) is 84.3 cm³/mol. The van der Waals surface area contributed by atoms with Crippen LogP contribution in [-0.2, 0) is 6.42 Å². The second kappa shape index (κ2) is 6.09. The standard InChI is InChI=1S/C16H16BrNO2/c1-10-13(4-3-5-14(10)18)15(19)9-11-8-12(17)6-7-16(11)20-2/h3-8H,9,18H2,1-2H3. The Morgan fingerprint density at radius 1 is 1.30 bits per heavy atom. The van der Waals surface area contributed by atoms with E-state index in [9.17, 15) is 4.79 Å². The molecular formula is C16H16BrNO2. The number of carbonyl (C=O) groups excluding carboxylic acids is 1. The Balaban J connectivity index is 2.32. The number of Topliss-reactive ketones (excluding diaryl/α,β-unsaturated/α-hetero) is 1.